The van der Waals surface area contributed by atoms with Crippen LogP contribution in [0.2, 0.25) is 0 Å². The van der Waals surface area contributed by atoms with E-state index in [1.165, 1.54) is 0 Å². The van der Waals surface area contributed by atoms with E-state index < -0.39 is 12.0 Å². The molecule has 17 heavy (non-hydrogen) atoms. The van der Waals surface area contributed by atoms with Gasteiger partial charge in [-0.15, -0.1) is 0 Å². The van der Waals surface area contributed by atoms with Crippen molar-refractivity contribution in [2.75, 3.05) is 0 Å². The lowest BCUT2D eigenvalue weighted by atomic mass is 10.1. The van der Waals surface area contributed by atoms with E-state index in [4.69, 9.17) is 5.11 Å². The average molecular weight is 302 g/mol. The standard InChI is InChI=1S/C11H16BrN3O2/c1-2-5-15-10(7(12)6-13-15)8-3-4-9(14-8)11(16)17/h6,8-9,14H,2-5H2,1H3,(H,16,17). The highest BCUT2D eigenvalue weighted by atomic mass is 79.9. The van der Waals surface area contributed by atoms with Gasteiger partial charge in [0.15, 0.2) is 0 Å². The van der Waals surface area contributed by atoms with Crippen LogP contribution >= 0.6 is 15.9 Å². The van der Waals surface area contributed by atoms with Gasteiger partial charge in [-0.2, -0.15) is 5.10 Å². The topological polar surface area (TPSA) is 67.2 Å². The zero-order valence-electron chi connectivity index (χ0n) is 9.69. The number of aliphatic carboxylic acids is 1. The number of nitrogens with one attached hydrogen (secondary N) is 1. The Hall–Kier alpha value is -0.880. The van der Waals surface area contributed by atoms with Gasteiger partial charge in [-0.1, -0.05) is 6.92 Å². The maximum atomic E-state index is 10.9. The van der Waals surface area contributed by atoms with Crippen molar-refractivity contribution in [3.05, 3.63) is 16.4 Å². The van der Waals surface area contributed by atoms with E-state index in [2.05, 4.69) is 33.3 Å². The SMILES string of the molecule is CCCn1ncc(Br)c1C1CCC(C(=O)O)N1. The van der Waals surface area contributed by atoms with Gasteiger partial charge in [0, 0.05) is 6.54 Å². The number of carbonyl (C=O) groups is 1. The molecule has 1 saturated heterocycles. The first-order valence-corrected chi connectivity index (χ1v) is 6.62. The van der Waals surface area contributed by atoms with E-state index in [1.807, 2.05) is 4.68 Å². The average Bonchev–Trinajstić information content (AvgIpc) is 2.86. The summed E-state index contributed by atoms with van der Waals surface area (Å²) < 4.78 is 2.90. The Balaban J connectivity index is 2.17. The summed E-state index contributed by atoms with van der Waals surface area (Å²) in [4.78, 5) is 10.9. The number of rotatable bonds is 4. The normalized spacial score (nSPS) is 24.1. The van der Waals surface area contributed by atoms with E-state index in [0.717, 1.165) is 29.6 Å². The van der Waals surface area contributed by atoms with Gasteiger partial charge in [-0.3, -0.25) is 14.8 Å². The summed E-state index contributed by atoms with van der Waals surface area (Å²) in [5.74, 6) is -0.773. The quantitative estimate of drug-likeness (QED) is 0.892. The summed E-state index contributed by atoms with van der Waals surface area (Å²) >= 11 is 3.48. The Labute approximate surface area is 108 Å². The van der Waals surface area contributed by atoms with Gasteiger partial charge in [0.05, 0.1) is 22.4 Å². The van der Waals surface area contributed by atoms with E-state index in [9.17, 15) is 4.79 Å². The van der Waals surface area contributed by atoms with Gasteiger partial charge in [-0.25, -0.2) is 0 Å². The van der Waals surface area contributed by atoms with Crippen LogP contribution in [0.4, 0.5) is 0 Å². The Morgan fingerprint density at radius 3 is 3.06 bits per heavy atom. The summed E-state index contributed by atoms with van der Waals surface area (Å²) in [5, 5.41) is 16.4. The van der Waals surface area contributed by atoms with Crippen molar-refractivity contribution >= 4 is 21.9 Å². The van der Waals surface area contributed by atoms with Crippen molar-refractivity contribution in [1.29, 1.82) is 0 Å². The molecule has 1 aromatic heterocycles. The Kier molecular flexibility index (Phi) is 3.83. The fraction of sp³-hybridized carbons (Fsp3) is 0.636. The van der Waals surface area contributed by atoms with Crippen LogP contribution in [0.25, 0.3) is 0 Å². The van der Waals surface area contributed by atoms with Crippen LogP contribution in [-0.2, 0) is 11.3 Å². The maximum absolute atomic E-state index is 10.9. The molecule has 5 nitrogen and oxygen atoms in total. The van der Waals surface area contributed by atoms with Gasteiger partial charge < -0.3 is 5.11 Å². The van der Waals surface area contributed by atoms with Gasteiger partial charge in [0.1, 0.15) is 6.04 Å². The molecule has 0 bridgehead atoms. The lowest BCUT2D eigenvalue weighted by Gasteiger charge is -2.15. The molecule has 1 aliphatic rings. The predicted octanol–water partition coefficient (Wildman–Crippen LogP) is 1.93. The van der Waals surface area contributed by atoms with Crippen molar-refractivity contribution in [3.63, 3.8) is 0 Å². The van der Waals surface area contributed by atoms with Crippen LogP contribution in [0, 0.1) is 0 Å². The smallest absolute Gasteiger partial charge is 0.320 e. The minimum atomic E-state index is -0.773. The summed E-state index contributed by atoms with van der Waals surface area (Å²) in [6, 6.07) is -0.351. The molecule has 2 unspecified atom stereocenters. The summed E-state index contributed by atoms with van der Waals surface area (Å²) in [7, 11) is 0. The molecule has 0 spiro atoms. The number of nitrogens with zero attached hydrogens (tertiary/aromatic N) is 2. The zero-order valence-corrected chi connectivity index (χ0v) is 11.3. The van der Waals surface area contributed by atoms with Crippen molar-refractivity contribution in [2.24, 2.45) is 0 Å². The highest BCUT2D eigenvalue weighted by molar-refractivity contribution is 9.10. The number of hydrogen-bond acceptors (Lipinski definition) is 3. The maximum Gasteiger partial charge on any atom is 0.320 e. The summed E-state index contributed by atoms with van der Waals surface area (Å²) in [6.45, 7) is 2.96. The molecule has 0 aromatic carbocycles. The number of aryl methyl sites for hydroxylation is 1. The van der Waals surface area contributed by atoms with Crippen LogP contribution < -0.4 is 5.32 Å². The molecule has 2 N–H and O–H groups in total. The third-order valence-corrected chi connectivity index (χ3v) is 3.65. The molecule has 1 aliphatic heterocycles. The van der Waals surface area contributed by atoms with Crippen LogP contribution in [-0.4, -0.2) is 26.9 Å². The van der Waals surface area contributed by atoms with Crippen LogP contribution in [0.3, 0.4) is 0 Å². The van der Waals surface area contributed by atoms with Crippen molar-refractivity contribution in [2.45, 2.75) is 44.8 Å². The van der Waals surface area contributed by atoms with E-state index >= 15 is 0 Å². The molecule has 2 heterocycles. The van der Waals surface area contributed by atoms with Crippen LogP contribution in [0.1, 0.15) is 37.9 Å². The molecule has 0 amide bonds. The first-order chi connectivity index (χ1) is 8.13. The highest BCUT2D eigenvalue weighted by Crippen LogP contribution is 2.31. The van der Waals surface area contributed by atoms with E-state index in [1.54, 1.807) is 6.20 Å². The molecular weight excluding hydrogens is 286 g/mol. The molecule has 0 aliphatic carbocycles. The van der Waals surface area contributed by atoms with Crippen LogP contribution in [0.5, 0.6) is 0 Å². The second-order valence-corrected chi connectivity index (χ2v) is 5.14. The first kappa shape index (κ1) is 12.6. The van der Waals surface area contributed by atoms with Gasteiger partial charge in [-0.05, 0) is 35.2 Å². The lowest BCUT2D eigenvalue weighted by molar-refractivity contribution is -0.139. The first-order valence-electron chi connectivity index (χ1n) is 5.83. The Bertz CT molecular complexity index is 419. The Morgan fingerprint density at radius 1 is 1.71 bits per heavy atom. The van der Waals surface area contributed by atoms with Gasteiger partial charge in [0.25, 0.3) is 0 Å². The molecular formula is C11H16BrN3O2. The van der Waals surface area contributed by atoms with E-state index in [0.29, 0.717) is 6.42 Å². The van der Waals surface area contributed by atoms with Crippen molar-refractivity contribution in [3.8, 4) is 0 Å². The largest absolute Gasteiger partial charge is 0.480 e. The van der Waals surface area contributed by atoms with Gasteiger partial charge >= 0.3 is 5.97 Å². The predicted molar refractivity (Wildman–Crippen MR) is 66.8 cm³/mol. The highest BCUT2D eigenvalue weighted by Gasteiger charge is 2.32. The molecule has 0 saturated carbocycles. The Morgan fingerprint density at radius 2 is 2.47 bits per heavy atom. The number of carboxylic acids is 1. The monoisotopic (exact) mass is 301 g/mol. The van der Waals surface area contributed by atoms with Crippen molar-refractivity contribution < 1.29 is 9.90 Å². The number of halogens is 1. The molecule has 94 valence electrons. The lowest BCUT2D eigenvalue weighted by Crippen LogP contribution is -2.32. The fourth-order valence-corrected chi connectivity index (χ4v) is 2.83. The molecule has 0 radical (unpaired) electrons. The number of hydrogen-bond donors (Lipinski definition) is 2. The third kappa shape index (κ3) is 2.52. The molecule has 1 fully saturated rings. The molecule has 1 aromatic rings. The van der Waals surface area contributed by atoms with Gasteiger partial charge in [0.2, 0.25) is 0 Å². The van der Waals surface area contributed by atoms with E-state index in [-0.39, 0.29) is 6.04 Å². The summed E-state index contributed by atoms with van der Waals surface area (Å²) in [6.07, 6.45) is 4.30. The second kappa shape index (κ2) is 5.18. The minimum absolute atomic E-state index is 0.0829. The molecule has 2 rings (SSSR count). The van der Waals surface area contributed by atoms with Crippen LogP contribution in [0.15, 0.2) is 10.7 Å². The number of aromatic nitrogens is 2. The van der Waals surface area contributed by atoms with Crippen molar-refractivity contribution in [1.82, 2.24) is 15.1 Å². The minimum Gasteiger partial charge on any atom is -0.480 e. The fourth-order valence-electron chi connectivity index (χ4n) is 2.26. The number of carboxylic acid groups (broad SMARTS) is 1. The molecule has 2 atom stereocenters. The third-order valence-electron chi connectivity index (χ3n) is 3.04. The summed E-state index contributed by atoms with van der Waals surface area (Å²) in [5.41, 5.74) is 1.07. The molecule has 6 heteroatoms. The zero-order chi connectivity index (χ0) is 12.4. The second-order valence-electron chi connectivity index (χ2n) is 4.29.